The van der Waals surface area contributed by atoms with Crippen LogP contribution in [0.5, 0.6) is 0 Å². The van der Waals surface area contributed by atoms with Gasteiger partial charge in [0, 0.05) is 54.9 Å². The molecule has 53 heavy (non-hydrogen) atoms. The van der Waals surface area contributed by atoms with Crippen LogP contribution in [-0.2, 0) is 54.8 Å². The molecular weight excluding hydrogens is 703 g/mol. The number of fused-ring (bicyclic) bond motifs is 1. The van der Waals surface area contributed by atoms with Gasteiger partial charge in [0.1, 0.15) is 6.29 Å². The Kier molecular flexibility index (Phi) is 31.5. The number of aliphatic hydroxyl groups excluding tert-OH is 4. The fourth-order valence-electron chi connectivity index (χ4n) is 4.98. The Labute approximate surface area is 327 Å². The summed E-state index contributed by atoms with van der Waals surface area (Å²) in [4.78, 5) is 10.5. The van der Waals surface area contributed by atoms with Crippen molar-refractivity contribution in [3.05, 3.63) is 154 Å². The Morgan fingerprint density at radius 2 is 1.17 bits per heavy atom. The summed E-state index contributed by atoms with van der Waals surface area (Å²) in [5.74, 6) is 0. The Bertz CT molecular complexity index is 1580. The van der Waals surface area contributed by atoms with Crippen LogP contribution < -0.4 is 0 Å². The van der Waals surface area contributed by atoms with Crippen molar-refractivity contribution < 1.29 is 47.7 Å². The first kappa shape index (κ1) is 47.3. The second-order valence-corrected chi connectivity index (χ2v) is 11.4. The Morgan fingerprint density at radius 3 is 1.64 bits per heavy atom. The topological polar surface area (TPSA) is 132 Å². The molecule has 0 spiro atoms. The Morgan fingerprint density at radius 1 is 0.736 bits per heavy atom. The molecule has 4 aromatic rings. The van der Waals surface area contributed by atoms with Gasteiger partial charge in [-0.1, -0.05) is 122 Å². The zero-order valence-electron chi connectivity index (χ0n) is 31.4. The van der Waals surface area contributed by atoms with Gasteiger partial charge >= 0.3 is 22.5 Å². The quantitative estimate of drug-likeness (QED) is 0.106. The summed E-state index contributed by atoms with van der Waals surface area (Å²) in [6.45, 7) is 4.46. The van der Waals surface area contributed by atoms with Crippen LogP contribution in [0.3, 0.4) is 0 Å². The van der Waals surface area contributed by atoms with E-state index in [9.17, 15) is 4.79 Å². The van der Waals surface area contributed by atoms with Crippen LogP contribution in [0.4, 0.5) is 0 Å². The second-order valence-electron chi connectivity index (χ2n) is 11.2. The summed E-state index contributed by atoms with van der Waals surface area (Å²) in [5.41, 5.74) is 9.17. The molecule has 1 aliphatic rings. The van der Waals surface area contributed by atoms with Crippen molar-refractivity contribution in [2.24, 2.45) is 0 Å². The van der Waals surface area contributed by atoms with Crippen molar-refractivity contribution in [3.63, 3.8) is 0 Å². The van der Waals surface area contributed by atoms with Crippen LogP contribution in [0.1, 0.15) is 75.0 Å². The van der Waals surface area contributed by atoms with Crippen molar-refractivity contribution in [2.45, 2.75) is 58.0 Å². The second kappa shape index (κ2) is 35.3. The van der Waals surface area contributed by atoms with Crippen molar-refractivity contribution >= 4 is 48.0 Å². The number of carbonyl (C=O) groups excluding carboxylic acids is 1. The minimum atomic E-state index is -1.44. The molecule has 276 valence electrons. The molecule has 0 heterocycles. The van der Waals surface area contributed by atoms with Gasteiger partial charge in [0.2, 0.25) is 0 Å². The molecule has 1 aliphatic carbocycles. The fraction of sp³-hybridized carbons (Fsp3) is 0.293. The van der Waals surface area contributed by atoms with Crippen molar-refractivity contribution in [1.82, 2.24) is 0 Å². The number of hydrogen-bond donors (Lipinski definition) is 4. The third kappa shape index (κ3) is 23.5. The summed E-state index contributed by atoms with van der Waals surface area (Å²) >= 11 is -1.44. The summed E-state index contributed by atoms with van der Waals surface area (Å²) < 4.78 is 23.2. The van der Waals surface area contributed by atoms with E-state index in [1.54, 1.807) is 6.07 Å². The van der Waals surface area contributed by atoms with Gasteiger partial charge in [-0.05, 0) is 91.6 Å². The molecule has 0 fully saturated rings. The number of hydrogen-bond acceptors (Lipinski definition) is 7. The minimum absolute atomic E-state index is 0.0849. The van der Waals surface area contributed by atoms with E-state index in [2.05, 4.69) is 49.1 Å². The first-order chi connectivity index (χ1) is 26.3. The third-order valence-corrected chi connectivity index (χ3v) is 7.60. The molecule has 0 bridgehead atoms. The van der Waals surface area contributed by atoms with Gasteiger partial charge in [-0.3, -0.25) is 4.79 Å². The Hall–Kier alpha value is -3.75. The van der Waals surface area contributed by atoms with Gasteiger partial charge in [-0.2, -0.15) is 0 Å². The number of allylic oxidation sites excluding steroid dienone is 1. The zero-order valence-corrected chi connectivity index (χ0v) is 31.6. The number of benzene rings is 4. The van der Waals surface area contributed by atoms with Crippen molar-refractivity contribution in [2.75, 3.05) is 19.8 Å². The maximum absolute atomic E-state index is 10.5. The normalized spacial score (nSPS) is 10.4. The summed E-state index contributed by atoms with van der Waals surface area (Å²) in [5, 5.41) is 34.9. The fourth-order valence-corrected chi connectivity index (χ4v) is 4.98. The molecule has 0 aliphatic heterocycles. The van der Waals surface area contributed by atoms with Gasteiger partial charge in [0.15, 0.2) is 0 Å². The predicted octanol–water partition coefficient (Wildman–Crippen LogP) is 5.40. The van der Waals surface area contributed by atoms with Gasteiger partial charge in [0.25, 0.3) is 0 Å². The monoisotopic (exact) mass is 756 g/mol. The summed E-state index contributed by atoms with van der Waals surface area (Å²) in [7, 11) is 9.91. The molecule has 12 heteroatoms. The zero-order chi connectivity index (χ0) is 40.2. The third-order valence-electron chi connectivity index (χ3n) is 7.60. The number of aryl methyl sites for hydroxylation is 4. The molecule has 5 rings (SSSR count). The molecule has 0 unspecified atom stereocenters. The van der Waals surface area contributed by atoms with Crippen LogP contribution in [0.15, 0.2) is 110 Å². The first-order valence-corrected chi connectivity index (χ1v) is 18.4. The van der Waals surface area contributed by atoms with E-state index in [4.69, 9.17) is 44.9 Å². The van der Waals surface area contributed by atoms with E-state index < -0.39 is 21.8 Å². The average molecular weight is 756 g/mol. The summed E-state index contributed by atoms with van der Waals surface area (Å²) in [6, 6.07) is 31.9. The van der Waals surface area contributed by atoms with E-state index in [1.165, 1.54) is 35.1 Å². The maximum atomic E-state index is 10.5. The van der Waals surface area contributed by atoms with Gasteiger partial charge < -0.3 is 20.4 Å². The van der Waals surface area contributed by atoms with Crippen molar-refractivity contribution in [3.8, 4) is 0 Å². The Balaban J connectivity index is 0.000000651. The van der Waals surface area contributed by atoms with Crippen LogP contribution >= 0.6 is 0 Å². The van der Waals surface area contributed by atoms with Gasteiger partial charge in [-0.25, -0.2) is 0 Å². The van der Waals surface area contributed by atoms with Crippen LogP contribution in [-0.4, -0.2) is 77.4 Å². The molecule has 0 aromatic heterocycles. The molecule has 0 saturated carbocycles. The van der Waals surface area contributed by atoms with E-state index in [0.29, 0.717) is 6.42 Å². The SMILES string of the molecule is C1=Cc2ccccc2CC1.C=Cc1ccccc1CCCO.O=Cc1ccccc1CCCO.OCCCc1ccccc1CO.[3H]B([B])[B][B].[O]=[Mn]=[O]. The van der Waals surface area contributed by atoms with Crippen LogP contribution in [0.2, 0.25) is 0 Å². The average Bonchev–Trinajstić information content (AvgIpc) is 3.22. The van der Waals surface area contributed by atoms with E-state index in [0.717, 1.165) is 67.7 Å². The molecule has 4 N–H and O–H groups in total. The molecule has 5 radical (unpaired) electrons. The molecule has 7 nitrogen and oxygen atoms in total. The molecular formula is C41H51B4MnO7. The number of rotatable bonds is 13. The number of carbonyl (C=O) groups is 1. The van der Waals surface area contributed by atoms with E-state index in [1.807, 2.05) is 66.7 Å². The molecule has 0 atom stereocenters. The standard InChI is InChI=1S/C11H14O.C10H14O2.C10H12O2.C10H10.B4H.Mn.2O/c1-2-10-6-3-4-7-11(10)8-5-9-12;2*11-7-3-6-9-4-1-2-5-10(9)8-12;1-2-6-10-8-4-3-7-9(10)5-1;1-3-4-2;;;/h2-4,6-7,12H,1,5,8-9H2;1-2,4-5,11-12H,3,6-8H2;1-2,4-5,8,11H,3,6-7H2;1-3,5-7H,4,8H2;3H;;;/i;;;;3T;;;. The summed E-state index contributed by atoms with van der Waals surface area (Å²) in [6.07, 6.45) is 14.4. The number of aliphatic hydroxyl groups is 4. The van der Waals surface area contributed by atoms with E-state index in [-0.39, 0.29) is 26.4 Å². The van der Waals surface area contributed by atoms with Crippen LogP contribution in [0, 0.1) is 0 Å². The van der Waals surface area contributed by atoms with E-state index >= 15 is 0 Å². The van der Waals surface area contributed by atoms with Gasteiger partial charge in [-0.15, -0.1) is 0 Å². The van der Waals surface area contributed by atoms with Gasteiger partial charge in [0.05, 0.1) is 6.61 Å². The van der Waals surface area contributed by atoms with Crippen molar-refractivity contribution in [1.29, 1.82) is 1.34 Å². The molecule has 0 saturated heterocycles. The number of aldehydes is 1. The first-order valence-electron chi connectivity index (χ1n) is 18.0. The molecule has 4 aromatic carbocycles. The van der Waals surface area contributed by atoms with Crippen LogP contribution in [0.25, 0.3) is 12.2 Å². The predicted molar refractivity (Wildman–Crippen MR) is 217 cm³/mol. The molecule has 0 amide bonds.